The number of aliphatic carboxylic acids is 1. The maximum absolute atomic E-state index is 13.1. The zero-order chi connectivity index (χ0) is 16.6. The molecular formula is C19H28O4. The Morgan fingerprint density at radius 1 is 1.22 bits per heavy atom. The van der Waals surface area contributed by atoms with Crippen molar-refractivity contribution in [3.8, 4) is 0 Å². The van der Waals surface area contributed by atoms with Gasteiger partial charge in [0.05, 0.1) is 12.0 Å². The molecule has 8 atom stereocenters. The van der Waals surface area contributed by atoms with Gasteiger partial charge in [0.1, 0.15) is 5.78 Å². The lowest BCUT2D eigenvalue weighted by Crippen LogP contribution is -2.58. The van der Waals surface area contributed by atoms with Crippen molar-refractivity contribution in [1.82, 2.24) is 0 Å². The summed E-state index contributed by atoms with van der Waals surface area (Å²) >= 11 is 0. The highest BCUT2D eigenvalue weighted by molar-refractivity contribution is 5.90. The monoisotopic (exact) mass is 320 g/mol. The van der Waals surface area contributed by atoms with Gasteiger partial charge >= 0.3 is 5.97 Å². The topological polar surface area (TPSA) is 74.6 Å². The lowest BCUT2D eigenvalue weighted by Gasteiger charge is -2.61. The Hall–Kier alpha value is -0.900. The molecule has 0 heterocycles. The summed E-state index contributed by atoms with van der Waals surface area (Å²) in [6.45, 7) is 4.27. The van der Waals surface area contributed by atoms with Crippen LogP contribution in [0.5, 0.6) is 0 Å². The van der Waals surface area contributed by atoms with Crippen LogP contribution in [-0.2, 0) is 9.59 Å². The molecule has 0 aromatic rings. The fourth-order valence-corrected chi connectivity index (χ4v) is 7.37. The van der Waals surface area contributed by atoms with Gasteiger partial charge in [0.2, 0.25) is 0 Å². The number of ketones is 1. The van der Waals surface area contributed by atoms with Crippen LogP contribution < -0.4 is 0 Å². The summed E-state index contributed by atoms with van der Waals surface area (Å²) in [7, 11) is 0. The predicted molar refractivity (Wildman–Crippen MR) is 84.6 cm³/mol. The molecule has 1 spiro atoms. The Morgan fingerprint density at radius 3 is 2.65 bits per heavy atom. The van der Waals surface area contributed by atoms with E-state index in [2.05, 4.69) is 13.8 Å². The minimum atomic E-state index is -0.768. The molecule has 2 N–H and O–H groups in total. The molecule has 0 aliphatic heterocycles. The lowest BCUT2D eigenvalue weighted by molar-refractivity contribution is -0.176. The third-order valence-electron chi connectivity index (χ3n) is 8.28. The molecule has 4 aliphatic carbocycles. The van der Waals surface area contributed by atoms with Crippen molar-refractivity contribution in [2.45, 2.75) is 64.9 Å². The van der Waals surface area contributed by atoms with E-state index < -0.39 is 18.0 Å². The van der Waals surface area contributed by atoms with E-state index in [1.54, 1.807) is 0 Å². The summed E-state index contributed by atoms with van der Waals surface area (Å²) in [6, 6.07) is 0. The van der Waals surface area contributed by atoms with Gasteiger partial charge in [0.25, 0.3) is 0 Å². The quantitative estimate of drug-likeness (QED) is 0.779. The second kappa shape index (κ2) is 4.81. The number of hydrogen-bond donors (Lipinski definition) is 2. The minimum Gasteiger partial charge on any atom is -0.481 e. The van der Waals surface area contributed by atoms with E-state index in [1.807, 2.05) is 0 Å². The van der Waals surface area contributed by atoms with Crippen LogP contribution in [0.3, 0.4) is 0 Å². The van der Waals surface area contributed by atoms with E-state index in [4.69, 9.17) is 0 Å². The summed E-state index contributed by atoms with van der Waals surface area (Å²) < 4.78 is 0. The van der Waals surface area contributed by atoms with Crippen molar-refractivity contribution in [3.05, 3.63) is 0 Å². The van der Waals surface area contributed by atoms with Crippen LogP contribution in [0, 0.1) is 40.4 Å². The summed E-state index contributed by atoms with van der Waals surface area (Å²) in [5.74, 6) is 0.297. The van der Waals surface area contributed by atoms with E-state index >= 15 is 0 Å². The zero-order valence-electron chi connectivity index (χ0n) is 14.1. The largest absolute Gasteiger partial charge is 0.481 e. The Balaban J connectivity index is 1.76. The van der Waals surface area contributed by atoms with Crippen LogP contribution in [0.25, 0.3) is 0 Å². The van der Waals surface area contributed by atoms with Gasteiger partial charge in [0, 0.05) is 11.3 Å². The third-order valence-corrected chi connectivity index (χ3v) is 8.28. The molecule has 4 nitrogen and oxygen atoms in total. The number of fused-ring (bicyclic) bond motifs is 3. The summed E-state index contributed by atoms with van der Waals surface area (Å²) in [5, 5.41) is 20.0. The van der Waals surface area contributed by atoms with Crippen molar-refractivity contribution in [2.24, 2.45) is 40.4 Å². The average Bonchev–Trinajstić information content (AvgIpc) is 2.66. The normalized spacial score (nSPS) is 55.2. The molecule has 2 bridgehead atoms. The molecule has 4 rings (SSSR count). The first kappa shape index (κ1) is 15.6. The molecule has 4 saturated carbocycles. The third kappa shape index (κ3) is 1.87. The van der Waals surface area contributed by atoms with Crippen molar-refractivity contribution in [1.29, 1.82) is 0 Å². The number of Topliss-reactive ketones (excluding diaryl/α,β-unsaturated/α-hetero) is 1. The van der Waals surface area contributed by atoms with E-state index in [0.717, 1.165) is 32.1 Å². The average molecular weight is 320 g/mol. The van der Waals surface area contributed by atoms with Crippen molar-refractivity contribution in [3.63, 3.8) is 0 Å². The maximum Gasteiger partial charge on any atom is 0.306 e. The Bertz CT molecular complexity index is 558. The van der Waals surface area contributed by atoms with Crippen LogP contribution >= 0.6 is 0 Å². The van der Waals surface area contributed by atoms with Crippen molar-refractivity contribution < 1.29 is 19.8 Å². The summed E-state index contributed by atoms with van der Waals surface area (Å²) in [5.41, 5.74) is -0.419. The van der Waals surface area contributed by atoms with Crippen LogP contribution in [0.4, 0.5) is 0 Å². The number of aliphatic hydroxyl groups is 1. The van der Waals surface area contributed by atoms with Gasteiger partial charge in [-0.05, 0) is 68.1 Å². The molecule has 0 saturated heterocycles. The van der Waals surface area contributed by atoms with Crippen molar-refractivity contribution in [2.75, 3.05) is 0 Å². The molecule has 4 aliphatic rings. The highest BCUT2D eigenvalue weighted by Crippen LogP contribution is 2.69. The standard InChI is InChI=1S/C19H28O4/c1-10-11-3-4-15-18(2)9-12(20)7-13(17(22)23)14(18)5-6-19(15,8-11)16(10)21/h10-15,20H,3-9H2,1-2H3,(H,22,23)/t10-,11-,12-,13-,14-,15+,18-,19-/m1/s1. The molecule has 4 fully saturated rings. The number of carbonyl (C=O) groups excluding carboxylic acids is 1. The Labute approximate surface area is 137 Å². The van der Waals surface area contributed by atoms with E-state index in [1.165, 1.54) is 0 Å². The van der Waals surface area contributed by atoms with E-state index in [0.29, 0.717) is 24.5 Å². The number of carbonyl (C=O) groups is 2. The number of hydrogen-bond acceptors (Lipinski definition) is 3. The second-order valence-corrected chi connectivity index (χ2v) is 9.09. The summed E-state index contributed by atoms with van der Waals surface area (Å²) in [4.78, 5) is 24.8. The highest BCUT2D eigenvalue weighted by Gasteiger charge is 2.67. The van der Waals surface area contributed by atoms with Gasteiger partial charge in [-0.25, -0.2) is 0 Å². The fraction of sp³-hybridized carbons (Fsp3) is 0.895. The van der Waals surface area contributed by atoms with Gasteiger partial charge in [-0.1, -0.05) is 13.8 Å². The molecule has 0 aromatic heterocycles. The number of aliphatic hydroxyl groups excluding tert-OH is 1. The first-order valence-electron chi connectivity index (χ1n) is 9.25. The number of carboxylic acids is 1. The molecule has 0 unspecified atom stereocenters. The first-order valence-corrected chi connectivity index (χ1v) is 9.25. The van der Waals surface area contributed by atoms with Gasteiger partial charge in [-0.3, -0.25) is 9.59 Å². The summed E-state index contributed by atoms with van der Waals surface area (Å²) in [6.07, 6.45) is 5.34. The smallest absolute Gasteiger partial charge is 0.306 e. The molecular weight excluding hydrogens is 292 g/mol. The van der Waals surface area contributed by atoms with Gasteiger partial charge in [0.15, 0.2) is 0 Å². The molecule has 0 aromatic carbocycles. The maximum atomic E-state index is 13.1. The van der Waals surface area contributed by atoms with E-state index in [9.17, 15) is 19.8 Å². The highest BCUT2D eigenvalue weighted by atomic mass is 16.4. The van der Waals surface area contributed by atoms with Gasteiger partial charge < -0.3 is 10.2 Å². The van der Waals surface area contributed by atoms with E-state index in [-0.39, 0.29) is 28.6 Å². The number of rotatable bonds is 1. The molecule has 4 heteroatoms. The minimum absolute atomic E-state index is 0.110. The fourth-order valence-electron chi connectivity index (χ4n) is 7.37. The predicted octanol–water partition coefficient (Wildman–Crippen LogP) is 2.88. The SMILES string of the molecule is C[C@H]1C(=O)[C@@]23CC[C@@H]4[C@H](C(=O)O)C[C@@H](O)C[C@@]4(C)[C@@H]2CC[C@@H]1C3. The van der Waals surface area contributed by atoms with Crippen LogP contribution in [0.1, 0.15) is 58.8 Å². The van der Waals surface area contributed by atoms with Crippen LogP contribution in [0.2, 0.25) is 0 Å². The molecule has 128 valence electrons. The van der Waals surface area contributed by atoms with Gasteiger partial charge in [-0.15, -0.1) is 0 Å². The van der Waals surface area contributed by atoms with Crippen LogP contribution in [0.15, 0.2) is 0 Å². The molecule has 0 amide bonds. The lowest BCUT2D eigenvalue weighted by atomic mass is 9.43. The number of carboxylic acid groups (broad SMARTS) is 1. The van der Waals surface area contributed by atoms with Crippen LogP contribution in [-0.4, -0.2) is 28.1 Å². The van der Waals surface area contributed by atoms with Gasteiger partial charge in [-0.2, -0.15) is 0 Å². The second-order valence-electron chi connectivity index (χ2n) is 9.09. The van der Waals surface area contributed by atoms with Crippen molar-refractivity contribution >= 4 is 11.8 Å². The Morgan fingerprint density at radius 2 is 1.96 bits per heavy atom. The first-order chi connectivity index (χ1) is 10.8. The molecule has 23 heavy (non-hydrogen) atoms. The Kier molecular flexibility index (Phi) is 3.27. The zero-order valence-corrected chi connectivity index (χ0v) is 14.1. The molecule has 0 radical (unpaired) electrons.